The molecule has 0 spiro atoms. The van der Waals surface area contributed by atoms with Gasteiger partial charge in [0.05, 0.1) is 6.61 Å². The summed E-state index contributed by atoms with van der Waals surface area (Å²) < 4.78 is 5.51. The largest absolute Gasteiger partial charge is 0.493 e. The first-order chi connectivity index (χ1) is 5.90. The molecule has 1 aromatic rings. The zero-order valence-corrected chi connectivity index (χ0v) is 7.60. The number of hydrogen-bond donors (Lipinski definition) is 0. The van der Waals surface area contributed by atoms with Crippen molar-refractivity contribution in [2.75, 3.05) is 6.61 Å². The average molecular weight is 183 g/mol. The minimum absolute atomic E-state index is 0.566. The molecule has 0 aromatic heterocycles. The number of aryl methyl sites for hydroxylation is 1. The molecular weight excluding hydrogens is 172 g/mol. The summed E-state index contributed by atoms with van der Waals surface area (Å²) in [5.74, 6) is 1.59. The maximum Gasteiger partial charge on any atom is 0.122 e. The minimum atomic E-state index is 0.566. The van der Waals surface area contributed by atoms with Crippen LogP contribution in [0, 0.1) is 0 Å². The molecule has 0 radical (unpaired) electrons. The second-order valence-electron chi connectivity index (χ2n) is 3.03. The highest BCUT2D eigenvalue weighted by Crippen LogP contribution is 2.26. The molecule has 0 unspecified atom stereocenters. The van der Waals surface area contributed by atoms with Gasteiger partial charge in [0.15, 0.2) is 0 Å². The zero-order valence-electron chi connectivity index (χ0n) is 6.85. The molecular formula is C10H11ClO. The monoisotopic (exact) mass is 182 g/mol. The van der Waals surface area contributed by atoms with Crippen molar-refractivity contribution < 1.29 is 4.74 Å². The summed E-state index contributed by atoms with van der Waals surface area (Å²) in [4.78, 5) is 0. The lowest BCUT2D eigenvalue weighted by atomic mass is 10.0. The molecule has 1 aliphatic heterocycles. The first kappa shape index (κ1) is 7.93. The van der Waals surface area contributed by atoms with Gasteiger partial charge < -0.3 is 4.74 Å². The van der Waals surface area contributed by atoms with Crippen molar-refractivity contribution in [2.24, 2.45) is 0 Å². The Kier molecular flexibility index (Phi) is 2.22. The van der Waals surface area contributed by atoms with Crippen LogP contribution in [-0.2, 0) is 12.3 Å². The molecule has 0 saturated heterocycles. The third kappa shape index (κ3) is 1.42. The van der Waals surface area contributed by atoms with Crippen molar-refractivity contribution in [3.8, 4) is 5.75 Å². The number of alkyl halides is 1. The molecule has 0 aliphatic carbocycles. The lowest BCUT2D eigenvalue weighted by Crippen LogP contribution is -2.08. The van der Waals surface area contributed by atoms with Gasteiger partial charge in [-0.3, -0.25) is 0 Å². The highest BCUT2D eigenvalue weighted by atomic mass is 35.5. The normalized spacial score (nSPS) is 15.1. The van der Waals surface area contributed by atoms with Crippen LogP contribution in [0.5, 0.6) is 5.75 Å². The Hall–Kier alpha value is -0.690. The van der Waals surface area contributed by atoms with Gasteiger partial charge in [0.1, 0.15) is 5.75 Å². The van der Waals surface area contributed by atoms with Gasteiger partial charge in [-0.25, -0.2) is 0 Å². The van der Waals surface area contributed by atoms with E-state index in [9.17, 15) is 0 Å². The van der Waals surface area contributed by atoms with Crippen LogP contribution in [0.3, 0.4) is 0 Å². The van der Waals surface area contributed by atoms with Crippen molar-refractivity contribution >= 4 is 11.6 Å². The number of rotatable bonds is 1. The van der Waals surface area contributed by atoms with Gasteiger partial charge in [0, 0.05) is 5.88 Å². The first-order valence-electron chi connectivity index (χ1n) is 4.21. The standard InChI is InChI=1S/C10H11ClO/c11-7-8-3-4-9-2-1-5-12-10(9)6-8/h3-4,6H,1-2,5,7H2. The molecule has 0 N–H and O–H groups in total. The van der Waals surface area contributed by atoms with Gasteiger partial charge in [-0.05, 0) is 30.0 Å². The molecule has 1 nitrogen and oxygen atoms in total. The molecule has 2 rings (SSSR count). The second-order valence-corrected chi connectivity index (χ2v) is 3.29. The van der Waals surface area contributed by atoms with Gasteiger partial charge in [-0.1, -0.05) is 12.1 Å². The first-order valence-corrected chi connectivity index (χ1v) is 4.74. The summed E-state index contributed by atoms with van der Waals surface area (Å²) in [6.07, 6.45) is 2.27. The van der Waals surface area contributed by atoms with Crippen LogP contribution in [0.25, 0.3) is 0 Å². The van der Waals surface area contributed by atoms with E-state index in [4.69, 9.17) is 16.3 Å². The fraction of sp³-hybridized carbons (Fsp3) is 0.400. The van der Waals surface area contributed by atoms with Crippen molar-refractivity contribution in [1.29, 1.82) is 0 Å². The summed E-state index contributed by atoms with van der Waals surface area (Å²) in [5.41, 5.74) is 2.45. The van der Waals surface area contributed by atoms with Crippen LogP contribution >= 0.6 is 11.6 Å². The van der Waals surface area contributed by atoms with E-state index < -0.39 is 0 Å². The Morgan fingerprint density at radius 3 is 3.17 bits per heavy atom. The Balaban J connectivity index is 2.36. The van der Waals surface area contributed by atoms with Crippen LogP contribution in [-0.4, -0.2) is 6.61 Å². The van der Waals surface area contributed by atoms with E-state index in [2.05, 4.69) is 12.1 Å². The van der Waals surface area contributed by atoms with Gasteiger partial charge in [0.25, 0.3) is 0 Å². The molecule has 0 amide bonds. The van der Waals surface area contributed by atoms with Crippen LogP contribution in [0.15, 0.2) is 18.2 Å². The van der Waals surface area contributed by atoms with Crippen LogP contribution in [0.1, 0.15) is 17.5 Å². The molecule has 0 saturated carbocycles. The number of hydrogen-bond acceptors (Lipinski definition) is 1. The van der Waals surface area contributed by atoms with Gasteiger partial charge in [-0.15, -0.1) is 11.6 Å². The third-order valence-electron chi connectivity index (χ3n) is 2.13. The summed E-state index contributed by atoms with van der Waals surface area (Å²) in [6.45, 7) is 0.846. The van der Waals surface area contributed by atoms with E-state index in [0.29, 0.717) is 5.88 Å². The molecule has 1 aromatic carbocycles. The van der Waals surface area contributed by atoms with E-state index in [1.807, 2.05) is 6.07 Å². The highest BCUT2D eigenvalue weighted by Gasteiger charge is 2.09. The highest BCUT2D eigenvalue weighted by molar-refractivity contribution is 6.17. The molecule has 0 atom stereocenters. The summed E-state index contributed by atoms with van der Waals surface area (Å²) >= 11 is 5.71. The Morgan fingerprint density at radius 2 is 2.33 bits per heavy atom. The van der Waals surface area contributed by atoms with Crippen molar-refractivity contribution in [2.45, 2.75) is 18.7 Å². The predicted octanol–water partition coefficient (Wildman–Crippen LogP) is 2.75. The van der Waals surface area contributed by atoms with E-state index in [0.717, 1.165) is 30.8 Å². The van der Waals surface area contributed by atoms with E-state index in [-0.39, 0.29) is 0 Å². The molecule has 2 heteroatoms. The van der Waals surface area contributed by atoms with Gasteiger partial charge in [-0.2, -0.15) is 0 Å². The smallest absolute Gasteiger partial charge is 0.122 e. The van der Waals surface area contributed by atoms with E-state index in [1.165, 1.54) is 5.56 Å². The van der Waals surface area contributed by atoms with E-state index in [1.54, 1.807) is 0 Å². The molecule has 12 heavy (non-hydrogen) atoms. The zero-order chi connectivity index (χ0) is 8.39. The van der Waals surface area contributed by atoms with Crippen molar-refractivity contribution in [3.63, 3.8) is 0 Å². The molecule has 0 fully saturated rings. The maximum atomic E-state index is 5.71. The van der Waals surface area contributed by atoms with E-state index >= 15 is 0 Å². The number of halogens is 1. The Morgan fingerprint density at radius 1 is 1.42 bits per heavy atom. The van der Waals surface area contributed by atoms with Gasteiger partial charge >= 0.3 is 0 Å². The maximum absolute atomic E-state index is 5.71. The lowest BCUT2D eigenvalue weighted by Gasteiger charge is -2.17. The lowest BCUT2D eigenvalue weighted by molar-refractivity contribution is 0.288. The summed E-state index contributed by atoms with van der Waals surface area (Å²) in [6, 6.07) is 6.23. The average Bonchev–Trinajstić information content (AvgIpc) is 2.17. The van der Waals surface area contributed by atoms with Crippen LogP contribution < -0.4 is 4.74 Å². The molecule has 1 aliphatic rings. The predicted molar refractivity (Wildman–Crippen MR) is 49.8 cm³/mol. The fourth-order valence-corrected chi connectivity index (χ4v) is 1.63. The second kappa shape index (κ2) is 3.36. The number of fused-ring (bicyclic) bond motifs is 1. The van der Waals surface area contributed by atoms with Gasteiger partial charge in [0.2, 0.25) is 0 Å². The minimum Gasteiger partial charge on any atom is -0.493 e. The topological polar surface area (TPSA) is 9.23 Å². The Bertz CT molecular complexity index is 283. The molecule has 1 heterocycles. The SMILES string of the molecule is ClCc1ccc2c(c1)OCCC2. The van der Waals surface area contributed by atoms with Crippen LogP contribution in [0.2, 0.25) is 0 Å². The Labute approximate surface area is 77.3 Å². The van der Waals surface area contributed by atoms with Crippen LogP contribution in [0.4, 0.5) is 0 Å². The molecule has 0 bridgehead atoms. The number of ether oxygens (including phenoxy) is 1. The third-order valence-corrected chi connectivity index (χ3v) is 2.44. The summed E-state index contributed by atoms with van der Waals surface area (Å²) in [7, 11) is 0. The molecule has 64 valence electrons. The number of benzene rings is 1. The fourth-order valence-electron chi connectivity index (χ4n) is 1.47. The van der Waals surface area contributed by atoms with Crippen molar-refractivity contribution in [3.05, 3.63) is 29.3 Å². The summed E-state index contributed by atoms with van der Waals surface area (Å²) in [5, 5.41) is 0. The van der Waals surface area contributed by atoms with Crippen molar-refractivity contribution in [1.82, 2.24) is 0 Å². The quantitative estimate of drug-likeness (QED) is 0.607.